The molecule has 2 aromatic rings. The molecular weight excluding hydrogens is 288 g/mol. The molecule has 4 heteroatoms. The lowest BCUT2D eigenvalue weighted by molar-refractivity contribution is 0.102. The molecule has 122 valence electrons. The van der Waals surface area contributed by atoms with E-state index in [1.54, 1.807) is 0 Å². The van der Waals surface area contributed by atoms with Gasteiger partial charge in [0.25, 0.3) is 5.91 Å². The van der Waals surface area contributed by atoms with Crippen LogP contribution in [0.5, 0.6) is 5.75 Å². The van der Waals surface area contributed by atoms with Crippen LogP contribution in [0.15, 0.2) is 48.5 Å². The minimum absolute atomic E-state index is 0.0932. The lowest BCUT2D eigenvalue weighted by Gasteiger charge is -2.11. The molecule has 0 aliphatic carbocycles. The van der Waals surface area contributed by atoms with Crippen molar-refractivity contribution in [3.63, 3.8) is 0 Å². The number of hydrogen-bond donors (Lipinski definition) is 2. The Morgan fingerprint density at radius 3 is 2.74 bits per heavy atom. The number of rotatable bonds is 8. The van der Waals surface area contributed by atoms with Crippen LogP contribution in [0.25, 0.3) is 0 Å². The van der Waals surface area contributed by atoms with Crippen molar-refractivity contribution in [3.05, 3.63) is 59.7 Å². The average molecular weight is 312 g/mol. The highest BCUT2D eigenvalue weighted by Crippen LogP contribution is 2.19. The van der Waals surface area contributed by atoms with Crippen molar-refractivity contribution in [1.29, 1.82) is 0 Å². The molecule has 0 saturated carbocycles. The predicted octanol–water partition coefficient (Wildman–Crippen LogP) is 3.49. The molecule has 0 heterocycles. The third-order valence-corrected chi connectivity index (χ3v) is 3.47. The molecule has 0 unspecified atom stereocenters. The fourth-order valence-corrected chi connectivity index (χ4v) is 2.30. The van der Waals surface area contributed by atoms with Crippen LogP contribution >= 0.6 is 0 Å². The van der Waals surface area contributed by atoms with E-state index in [0.717, 1.165) is 36.4 Å². The Morgan fingerprint density at radius 2 is 1.96 bits per heavy atom. The number of ether oxygens (including phenoxy) is 1. The summed E-state index contributed by atoms with van der Waals surface area (Å²) < 4.78 is 5.60. The molecule has 4 nitrogen and oxygen atoms in total. The van der Waals surface area contributed by atoms with Crippen LogP contribution in [0.4, 0.5) is 5.69 Å². The maximum atomic E-state index is 12.6. The molecule has 23 heavy (non-hydrogen) atoms. The van der Waals surface area contributed by atoms with Gasteiger partial charge in [-0.2, -0.15) is 0 Å². The van der Waals surface area contributed by atoms with Gasteiger partial charge in [0.15, 0.2) is 0 Å². The van der Waals surface area contributed by atoms with E-state index in [1.807, 2.05) is 55.6 Å². The number of carbonyl (C=O) groups excluding carboxylic acids is 1. The van der Waals surface area contributed by atoms with Gasteiger partial charge in [-0.3, -0.25) is 4.79 Å². The number of nitrogens with one attached hydrogen (secondary N) is 2. The van der Waals surface area contributed by atoms with Gasteiger partial charge in [0.1, 0.15) is 5.75 Å². The van der Waals surface area contributed by atoms with Crippen molar-refractivity contribution in [2.24, 2.45) is 0 Å². The Bertz CT molecular complexity index is 641. The molecule has 0 bridgehead atoms. The second kappa shape index (κ2) is 8.96. The smallest absolute Gasteiger partial charge is 0.255 e. The first-order valence-electron chi connectivity index (χ1n) is 8.01. The van der Waals surface area contributed by atoms with Crippen molar-refractivity contribution in [1.82, 2.24) is 5.32 Å². The Morgan fingerprint density at radius 1 is 1.13 bits per heavy atom. The van der Waals surface area contributed by atoms with Crippen LogP contribution in [0.2, 0.25) is 0 Å². The third-order valence-electron chi connectivity index (χ3n) is 3.47. The van der Waals surface area contributed by atoms with Crippen LogP contribution < -0.4 is 15.4 Å². The van der Waals surface area contributed by atoms with Crippen molar-refractivity contribution < 1.29 is 9.53 Å². The number of benzene rings is 2. The molecule has 0 saturated heterocycles. The number of anilines is 1. The number of carbonyl (C=O) groups is 1. The van der Waals surface area contributed by atoms with Gasteiger partial charge in [-0.15, -0.1) is 0 Å². The third kappa shape index (κ3) is 5.11. The molecule has 0 aliphatic rings. The Labute approximate surface area is 137 Å². The minimum atomic E-state index is -0.0932. The Hall–Kier alpha value is -2.33. The fraction of sp³-hybridized carbons (Fsp3) is 0.316. The lowest BCUT2D eigenvalue weighted by atomic mass is 10.0. The second-order valence-electron chi connectivity index (χ2n) is 5.34. The summed E-state index contributed by atoms with van der Waals surface area (Å²) in [6.45, 7) is 3.57. The van der Waals surface area contributed by atoms with E-state index >= 15 is 0 Å². The van der Waals surface area contributed by atoms with Crippen LogP contribution in [0.3, 0.4) is 0 Å². The number of amides is 1. The van der Waals surface area contributed by atoms with E-state index < -0.39 is 0 Å². The zero-order chi connectivity index (χ0) is 16.5. The predicted molar refractivity (Wildman–Crippen MR) is 94.3 cm³/mol. The normalized spacial score (nSPS) is 10.3. The molecule has 2 N–H and O–H groups in total. The highest BCUT2D eigenvalue weighted by Gasteiger charge is 2.11. The lowest BCUT2D eigenvalue weighted by Crippen LogP contribution is -2.17. The Balaban J connectivity index is 2.10. The maximum absolute atomic E-state index is 12.6. The van der Waals surface area contributed by atoms with Gasteiger partial charge in [-0.1, -0.05) is 31.2 Å². The highest BCUT2D eigenvalue weighted by atomic mass is 16.5. The van der Waals surface area contributed by atoms with Gasteiger partial charge in [0.05, 0.1) is 6.61 Å². The summed E-state index contributed by atoms with van der Waals surface area (Å²) in [4.78, 5) is 12.6. The molecule has 1 amide bonds. The molecular formula is C19H24N2O2. The first kappa shape index (κ1) is 17.0. The molecule has 0 aromatic heterocycles. The maximum Gasteiger partial charge on any atom is 0.255 e. The quantitative estimate of drug-likeness (QED) is 0.784. The minimum Gasteiger partial charge on any atom is -0.494 e. The van der Waals surface area contributed by atoms with Gasteiger partial charge in [-0.25, -0.2) is 0 Å². The number of hydrogen-bond acceptors (Lipinski definition) is 3. The first-order valence-corrected chi connectivity index (χ1v) is 8.01. The van der Waals surface area contributed by atoms with Gasteiger partial charge in [0, 0.05) is 17.3 Å². The summed E-state index contributed by atoms with van der Waals surface area (Å²) in [5.41, 5.74) is 2.49. The van der Waals surface area contributed by atoms with E-state index in [2.05, 4.69) is 17.6 Å². The molecule has 0 aliphatic heterocycles. The average Bonchev–Trinajstić information content (AvgIpc) is 2.58. The second-order valence-corrected chi connectivity index (χ2v) is 5.34. The van der Waals surface area contributed by atoms with Gasteiger partial charge < -0.3 is 15.4 Å². The zero-order valence-electron chi connectivity index (χ0n) is 13.8. The van der Waals surface area contributed by atoms with Crippen LogP contribution in [0.1, 0.15) is 29.3 Å². The monoisotopic (exact) mass is 312 g/mol. The Kier molecular flexibility index (Phi) is 6.63. The highest BCUT2D eigenvalue weighted by molar-refractivity contribution is 6.05. The zero-order valence-corrected chi connectivity index (χ0v) is 13.8. The largest absolute Gasteiger partial charge is 0.494 e. The van der Waals surface area contributed by atoms with Gasteiger partial charge in [-0.05, 0) is 50.2 Å². The molecule has 0 radical (unpaired) electrons. The molecule has 2 rings (SSSR count). The van der Waals surface area contributed by atoms with E-state index in [9.17, 15) is 4.79 Å². The number of likely N-dealkylation sites (N-methyl/N-ethyl adjacent to an activating group) is 1. The fourth-order valence-electron chi connectivity index (χ4n) is 2.30. The summed E-state index contributed by atoms with van der Waals surface area (Å²) >= 11 is 0. The molecule has 0 atom stereocenters. The SMILES string of the molecule is CCCOc1cccc(NC(=O)c2ccccc2CCNC)c1. The molecule has 2 aromatic carbocycles. The van der Waals surface area contributed by atoms with Crippen LogP contribution in [0, 0.1) is 0 Å². The summed E-state index contributed by atoms with van der Waals surface area (Å²) in [7, 11) is 1.91. The summed E-state index contributed by atoms with van der Waals surface area (Å²) in [5.74, 6) is 0.678. The van der Waals surface area contributed by atoms with Crippen LogP contribution in [-0.2, 0) is 6.42 Å². The molecule has 0 fully saturated rings. The topological polar surface area (TPSA) is 50.4 Å². The van der Waals surface area contributed by atoms with E-state index in [0.29, 0.717) is 12.2 Å². The summed E-state index contributed by atoms with van der Waals surface area (Å²) in [6, 6.07) is 15.2. The van der Waals surface area contributed by atoms with Crippen molar-refractivity contribution in [2.75, 3.05) is 25.5 Å². The van der Waals surface area contributed by atoms with Crippen LogP contribution in [-0.4, -0.2) is 26.1 Å². The van der Waals surface area contributed by atoms with Gasteiger partial charge >= 0.3 is 0 Å². The first-order chi connectivity index (χ1) is 11.2. The molecule has 0 spiro atoms. The van der Waals surface area contributed by atoms with Crippen molar-refractivity contribution >= 4 is 11.6 Å². The van der Waals surface area contributed by atoms with E-state index in [1.165, 1.54) is 0 Å². The van der Waals surface area contributed by atoms with E-state index in [-0.39, 0.29) is 5.91 Å². The van der Waals surface area contributed by atoms with E-state index in [4.69, 9.17) is 4.74 Å². The van der Waals surface area contributed by atoms with Crippen molar-refractivity contribution in [2.45, 2.75) is 19.8 Å². The van der Waals surface area contributed by atoms with Gasteiger partial charge in [0.2, 0.25) is 0 Å². The summed E-state index contributed by atoms with van der Waals surface area (Å²) in [6.07, 6.45) is 1.77. The summed E-state index contributed by atoms with van der Waals surface area (Å²) in [5, 5.41) is 6.06. The van der Waals surface area contributed by atoms with Crippen molar-refractivity contribution in [3.8, 4) is 5.75 Å². The standard InChI is InChI=1S/C19H24N2O2/c1-3-13-23-17-9-6-8-16(14-17)21-19(22)18-10-5-4-7-15(18)11-12-20-2/h4-10,14,20H,3,11-13H2,1-2H3,(H,21,22).